The molecule has 1 atom stereocenters. The minimum Gasteiger partial charge on any atom is -0.467 e. The van der Waals surface area contributed by atoms with Gasteiger partial charge in [0.05, 0.1) is 13.3 Å². The van der Waals surface area contributed by atoms with Crippen molar-refractivity contribution in [2.75, 3.05) is 17.9 Å². The van der Waals surface area contributed by atoms with Crippen LogP contribution in [0.2, 0.25) is 0 Å². The van der Waals surface area contributed by atoms with E-state index in [0.29, 0.717) is 0 Å². The van der Waals surface area contributed by atoms with Gasteiger partial charge in [-0.15, -0.1) is 0 Å². The van der Waals surface area contributed by atoms with Gasteiger partial charge in [-0.25, -0.2) is 20.0 Å². The lowest BCUT2D eigenvalue weighted by molar-refractivity contribution is -0.141. The molecule has 0 aliphatic heterocycles. The summed E-state index contributed by atoms with van der Waals surface area (Å²) in [6.07, 6.45) is 0.939. The van der Waals surface area contributed by atoms with Crippen molar-refractivity contribution >= 4 is 17.7 Å². The molecule has 0 fully saturated rings. The molecule has 1 heterocycles. The lowest BCUT2D eigenvalue weighted by atomic mass is 10.3. The summed E-state index contributed by atoms with van der Waals surface area (Å²) < 4.78 is 17.7. The maximum Gasteiger partial charge on any atom is 0.328 e. The monoisotopic (exact) mass is 229 g/mol. The van der Waals surface area contributed by atoms with Gasteiger partial charge in [0.2, 0.25) is 5.95 Å². The number of esters is 1. The zero-order valence-electron chi connectivity index (χ0n) is 8.82. The van der Waals surface area contributed by atoms with Crippen molar-refractivity contribution in [1.82, 2.24) is 9.97 Å². The van der Waals surface area contributed by atoms with Gasteiger partial charge in [0.15, 0.2) is 11.6 Å². The number of halogens is 1. The van der Waals surface area contributed by atoms with Crippen LogP contribution >= 0.6 is 0 Å². The SMILES string of the molecule is COC(=O)C(C)Nc1nc(NN)ncc1F. The summed E-state index contributed by atoms with van der Waals surface area (Å²) in [5.41, 5.74) is 2.17. The molecule has 1 aromatic rings. The molecule has 0 aliphatic carbocycles. The van der Waals surface area contributed by atoms with E-state index in [4.69, 9.17) is 5.84 Å². The Bertz CT molecular complexity index is 387. The average molecular weight is 229 g/mol. The predicted octanol–water partition coefficient (Wildman–Crippen LogP) is -0.125. The first-order chi connectivity index (χ1) is 7.58. The Hall–Kier alpha value is -1.96. The van der Waals surface area contributed by atoms with E-state index in [1.165, 1.54) is 14.0 Å². The van der Waals surface area contributed by atoms with Crippen LogP contribution in [0.4, 0.5) is 16.2 Å². The highest BCUT2D eigenvalue weighted by molar-refractivity contribution is 5.78. The highest BCUT2D eigenvalue weighted by atomic mass is 19.1. The van der Waals surface area contributed by atoms with Crippen LogP contribution in [0, 0.1) is 5.82 Å². The first-order valence-electron chi connectivity index (χ1n) is 4.42. The molecule has 0 amide bonds. The van der Waals surface area contributed by atoms with Gasteiger partial charge in [0.25, 0.3) is 0 Å². The van der Waals surface area contributed by atoms with Crippen molar-refractivity contribution in [3.05, 3.63) is 12.0 Å². The number of carbonyl (C=O) groups is 1. The standard InChI is InChI=1S/C8H12FN5O2/c1-4(7(15)16-2)12-6-5(9)3-11-8(13-6)14-10/h3-4H,10H2,1-2H3,(H2,11,12,13,14). The molecule has 16 heavy (non-hydrogen) atoms. The number of aromatic nitrogens is 2. The van der Waals surface area contributed by atoms with E-state index in [9.17, 15) is 9.18 Å². The van der Waals surface area contributed by atoms with Gasteiger partial charge in [0.1, 0.15) is 6.04 Å². The van der Waals surface area contributed by atoms with Gasteiger partial charge in [-0.2, -0.15) is 4.98 Å². The first-order valence-corrected chi connectivity index (χ1v) is 4.42. The number of hydrogen-bond donors (Lipinski definition) is 3. The molecule has 8 heteroatoms. The minimum absolute atomic E-state index is 0.0426. The number of carbonyl (C=O) groups excluding carboxylic acids is 1. The zero-order valence-corrected chi connectivity index (χ0v) is 8.82. The lowest BCUT2D eigenvalue weighted by Gasteiger charge is -2.12. The van der Waals surface area contributed by atoms with Gasteiger partial charge < -0.3 is 10.1 Å². The summed E-state index contributed by atoms with van der Waals surface area (Å²) in [4.78, 5) is 18.3. The second-order valence-electron chi connectivity index (χ2n) is 2.92. The van der Waals surface area contributed by atoms with Crippen LogP contribution in [0.3, 0.4) is 0 Å². The molecule has 1 unspecified atom stereocenters. The van der Waals surface area contributed by atoms with E-state index in [2.05, 4.69) is 25.4 Å². The molecule has 1 rings (SSSR count). The number of ether oxygens (including phenoxy) is 1. The molecule has 88 valence electrons. The van der Waals surface area contributed by atoms with Crippen LogP contribution in [0.25, 0.3) is 0 Å². The molecule has 0 saturated carbocycles. The highest BCUT2D eigenvalue weighted by Crippen LogP contribution is 2.12. The third-order valence-corrected chi connectivity index (χ3v) is 1.78. The summed E-state index contributed by atoms with van der Waals surface area (Å²) in [5.74, 6) is 3.77. The van der Waals surface area contributed by atoms with Crippen LogP contribution in [0.1, 0.15) is 6.92 Å². The van der Waals surface area contributed by atoms with E-state index >= 15 is 0 Å². The van der Waals surface area contributed by atoms with Gasteiger partial charge in [-0.1, -0.05) is 0 Å². The number of hydrogen-bond acceptors (Lipinski definition) is 7. The maximum absolute atomic E-state index is 13.2. The molecule has 4 N–H and O–H groups in total. The van der Waals surface area contributed by atoms with Crippen LogP contribution in [-0.2, 0) is 9.53 Å². The number of methoxy groups -OCH3 is 1. The fourth-order valence-corrected chi connectivity index (χ4v) is 0.979. The van der Waals surface area contributed by atoms with Crippen LogP contribution in [0.15, 0.2) is 6.20 Å². The van der Waals surface area contributed by atoms with E-state index < -0.39 is 17.8 Å². The summed E-state index contributed by atoms with van der Waals surface area (Å²) in [6.45, 7) is 1.52. The number of rotatable bonds is 4. The largest absolute Gasteiger partial charge is 0.467 e. The molecular weight excluding hydrogens is 217 g/mol. The fourth-order valence-electron chi connectivity index (χ4n) is 0.979. The average Bonchev–Trinajstić information content (AvgIpc) is 2.30. The second-order valence-corrected chi connectivity index (χ2v) is 2.92. The van der Waals surface area contributed by atoms with Gasteiger partial charge in [-0.05, 0) is 6.92 Å². The molecule has 0 aromatic carbocycles. The van der Waals surface area contributed by atoms with Gasteiger partial charge in [-0.3, -0.25) is 5.43 Å². The van der Waals surface area contributed by atoms with Crippen molar-refractivity contribution in [1.29, 1.82) is 0 Å². The van der Waals surface area contributed by atoms with Crippen LogP contribution in [-0.4, -0.2) is 29.1 Å². The smallest absolute Gasteiger partial charge is 0.328 e. The Balaban J connectivity index is 2.83. The first kappa shape index (κ1) is 12.1. The maximum atomic E-state index is 13.2. The number of nitrogens with one attached hydrogen (secondary N) is 2. The Labute approximate surface area is 91.2 Å². The minimum atomic E-state index is -0.722. The fraction of sp³-hybridized carbons (Fsp3) is 0.375. The van der Waals surface area contributed by atoms with E-state index in [0.717, 1.165) is 6.20 Å². The quantitative estimate of drug-likeness (QED) is 0.375. The van der Waals surface area contributed by atoms with Crippen molar-refractivity contribution in [3.8, 4) is 0 Å². The number of anilines is 2. The molecule has 1 aromatic heterocycles. The van der Waals surface area contributed by atoms with Crippen molar-refractivity contribution in [3.63, 3.8) is 0 Å². The third-order valence-electron chi connectivity index (χ3n) is 1.78. The molecule has 0 spiro atoms. The summed E-state index contributed by atoms with van der Waals surface area (Å²) >= 11 is 0. The summed E-state index contributed by atoms with van der Waals surface area (Å²) in [6, 6.07) is -0.722. The molecule has 0 saturated heterocycles. The number of hydrazine groups is 1. The Morgan fingerprint density at radius 1 is 1.69 bits per heavy atom. The van der Waals surface area contributed by atoms with Gasteiger partial charge in [0, 0.05) is 0 Å². The van der Waals surface area contributed by atoms with Crippen LogP contribution in [0.5, 0.6) is 0 Å². The van der Waals surface area contributed by atoms with E-state index in [-0.39, 0.29) is 11.8 Å². The topological polar surface area (TPSA) is 102 Å². The molecular formula is C8H12FN5O2. The van der Waals surface area contributed by atoms with Gasteiger partial charge >= 0.3 is 5.97 Å². The number of nitrogens with zero attached hydrogens (tertiary/aromatic N) is 2. The van der Waals surface area contributed by atoms with E-state index in [1.54, 1.807) is 0 Å². The summed E-state index contributed by atoms with van der Waals surface area (Å²) in [5, 5.41) is 2.54. The predicted molar refractivity (Wildman–Crippen MR) is 54.9 cm³/mol. The summed E-state index contributed by atoms with van der Waals surface area (Å²) in [7, 11) is 1.24. The normalized spacial score (nSPS) is 11.8. The van der Waals surface area contributed by atoms with Crippen molar-refractivity contribution in [2.24, 2.45) is 5.84 Å². The Kier molecular flexibility index (Phi) is 3.95. The third kappa shape index (κ3) is 2.76. The molecule has 0 bridgehead atoms. The zero-order chi connectivity index (χ0) is 12.1. The number of nitrogens with two attached hydrogens (primary N) is 1. The molecule has 0 aliphatic rings. The van der Waals surface area contributed by atoms with E-state index in [1.807, 2.05) is 0 Å². The highest BCUT2D eigenvalue weighted by Gasteiger charge is 2.16. The Morgan fingerprint density at radius 3 is 2.94 bits per heavy atom. The van der Waals surface area contributed by atoms with Crippen molar-refractivity contribution < 1.29 is 13.9 Å². The Morgan fingerprint density at radius 2 is 2.38 bits per heavy atom. The second kappa shape index (κ2) is 5.21. The molecule has 7 nitrogen and oxygen atoms in total. The van der Waals surface area contributed by atoms with Crippen LogP contribution < -0.4 is 16.6 Å². The van der Waals surface area contributed by atoms with Crippen molar-refractivity contribution in [2.45, 2.75) is 13.0 Å². The lowest BCUT2D eigenvalue weighted by Crippen LogP contribution is -2.28. The molecule has 0 radical (unpaired) electrons. The number of nitrogen functional groups attached to an aromatic ring is 1.